The number of aromatic nitrogens is 3. The van der Waals surface area contributed by atoms with E-state index in [0.29, 0.717) is 23.8 Å². The molecule has 3 aromatic rings. The van der Waals surface area contributed by atoms with Crippen molar-refractivity contribution in [1.29, 1.82) is 0 Å². The number of nitrogens with one attached hydrogen (secondary N) is 1. The lowest BCUT2D eigenvalue weighted by molar-refractivity contribution is 0.102. The number of ether oxygens (including phenoxy) is 1. The van der Waals surface area contributed by atoms with E-state index in [1.165, 1.54) is 0 Å². The second-order valence-corrected chi connectivity index (χ2v) is 5.69. The molecule has 1 aromatic carbocycles. The van der Waals surface area contributed by atoms with Crippen molar-refractivity contribution in [2.24, 2.45) is 0 Å². The summed E-state index contributed by atoms with van der Waals surface area (Å²) in [4.78, 5) is 16.3. The summed E-state index contributed by atoms with van der Waals surface area (Å²) < 4.78 is 11.1. The van der Waals surface area contributed by atoms with Gasteiger partial charge in [-0.2, -0.15) is 0 Å². The first-order valence-electron chi connectivity index (χ1n) is 8.54. The zero-order chi connectivity index (χ0) is 18.2. The van der Waals surface area contributed by atoms with E-state index in [0.717, 1.165) is 24.8 Å². The molecule has 0 unspecified atom stereocenters. The Morgan fingerprint density at radius 1 is 1.15 bits per heavy atom. The van der Waals surface area contributed by atoms with Gasteiger partial charge in [0.1, 0.15) is 5.75 Å². The second kappa shape index (κ2) is 8.75. The number of carbonyl (C=O) groups excluding carboxylic acids is 1. The lowest BCUT2D eigenvalue weighted by Gasteiger charge is -2.07. The average molecular weight is 352 g/mol. The van der Waals surface area contributed by atoms with E-state index < -0.39 is 0 Å². The van der Waals surface area contributed by atoms with Gasteiger partial charge in [0.05, 0.1) is 6.61 Å². The standard InChI is InChI=1S/C19H20N4O3/c1-2-3-4-12-25-16-7-5-6-15(13-16)17(24)21-19-23-22-18(26-19)14-8-10-20-11-9-14/h5-11,13H,2-4,12H2,1H3,(H,21,23,24). The van der Waals surface area contributed by atoms with Crippen molar-refractivity contribution in [2.75, 3.05) is 11.9 Å². The maximum Gasteiger partial charge on any atom is 0.322 e. The summed E-state index contributed by atoms with van der Waals surface area (Å²) in [6, 6.07) is 10.5. The Balaban J connectivity index is 1.62. The summed E-state index contributed by atoms with van der Waals surface area (Å²) in [6.45, 7) is 2.78. The summed E-state index contributed by atoms with van der Waals surface area (Å²) in [7, 11) is 0. The SMILES string of the molecule is CCCCCOc1cccc(C(=O)Nc2nnc(-c3ccncc3)o2)c1. The van der Waals surface area contributed by atoms with Crippen molar-refractivity contribution in [3.05, 3.63) is 54.4 Å². The highest BCUT2D eigenvalue weighted by Crippen LogP contribution is 2.20. The smallest absolute Gasteiger partial charge is 0.322 e. The predicted molar refractivity (Wildman–Crippen MR) is 96.9 cm³/mol. The third kappa shape index (κ3) is 4.66. The number of rotatable bonds is 8. The molecule has 0 aliphatic heterocycles. The van der Waals surface area contributed by atoms with Crippen LogP contribution in [-0.2, 0) is 0 Å². The van der Waals surface area contributed by atoms with Crippen molar-refractivity contribution in [3.63, 3.8) is 0 Å². The summed E-state index contributed by atoms with van der Waals surface area (Å²) in [6.07, 6.45) is 6.51. The monoisotopic (exact) mass is 352 g/mol. The fourth-order valence-corrected chi connectivity index (χ4v) is 2.32. The van der Waals surface area contributed by atoms with Crippen molar-refractivity contribution in [2.45, 2.75) is 26.2 Å². The van der Waals surface area contributed by atoms with Crippen molar-refractivity contribution in [1.82, 2.24) is 15.2 Å². The van der Waals surface area contributed by atoms with Gasteiger partial charge in [-0.15, -0.1) is 5.10 Å². The molecule has 1 N–H and O–H groups in total. The van der Waals surface area contributed by atoms with E-state index in [-0.39, 0.29) is 11.9 Å². The maximum atomic E-state index is 12.4. The highest BCUT2D eigenvalue weighted by atomic mass is 16.5. The van der Waals surface area contributed by atoms with Gasteiger partial charge >= 0.3 is 6.01 Å². The molecule has 0 spiro atoms. The van der Waals surface area contributed by atoms with Gasteiger partial charge in [-0.1, -0.05) is 30.9 Å². The van der Waals surface area contributed by atoms with Gasteiger partial charge in [0.2, 0.25) is 5.89 Å². The summed E-state index contributed by atoms with van der Waals surface area (Å²) in [5.41, 5.74) is 1.19. The molecule has 134 valence electrons. The molecule has 0 aliphatic carbocycles. The molecule has 0 saturated carbocycles. The van der Waals surface area contributed by atoms with E-state index >= 15 is 0 Å². The first-order chi connectivity index (χ1) is 12.8. The molecule has 7 heteroatoms. The molecule has 0 fully saturated rings. The average Bonchev–Trinajstić information content (AvgIpc) is 3.15. The summed E-state index contributed by atoms with van der Waals surface area (Å²) >= 11 is 0. The molecule has 1 amide bonds. The molecule has 3 rings (SSSR count). The molecular formula is C19H20N4O3. The van der Waals surface area contributed by atoms with Crippen LogP contribution in [0.2, 0.25) is 0 Å². The Morgan fingerprint density at radius 3 is 2.81 bits per heavy atom. The number of carbonyl (C=O) groups is 1. The lowest BCUT2D eigenvalue weighted by atomic mass is 10.2. The molecule has 0 saturated heterocycles. The zero-order valence-electron chi connectivity index (χ0n) is 14.5. The van der Waals surface area contributed by atoms with Gasteiger partial charge in [-0.05, 0) is 36.8 Å². The zero-order valence-corrected chi connectivity index (χ0v) is 14.5. The van der Waals surface area contributed by atoms with Crippen molar-refractivity contribution in [3.8, 4) is 17.2 Å². The van der Waals surface area contributed by atoms with Crippen LogP contribution in [0.25, 0.3) is 11.5 Å². The first-order valence-corrected chi connectivity index (χ1v) is 8.54. The fourth-order valence-electron chi connectivity index (χ4n) is 2.32. The minimum Gasteiger partial charge on any atom is -0.494 e. The van der Waals surface area contributed by atoms with Gasteiger partial charge in [0.25, 0.3) is 5.91 Å². The lowest BCUT2D eigenvalue weighted by Crippen LogP contribution is -2.12. The minimum atomic E-state index is -0.339. The Morgan fingerprint density at radius 2 is 2.00 bits per heavy atom. The van der Waals surface area contributed by atoms with E-state index in [9.17, 15) is 4.79 Å². The van der Waals surface area contributed by atoms with Gasteiger partial charge in [0, 0.05) is 23.5 Å². The number of benzene rings is 1. The Labute approximate surface area is 151 Å². The number of unbranched alkanes of at least 4 members (excludes halogenated alkanes) is 2. The molecule has 0 bridgehead atoms. The van der Waals surface area contributed by atoms with E-state index in [1.807, 2.05) is 6.07 Å². The molecule has 7 nitrogen and oxygen atoms in total. The number of pyridine rings is 1. The van der Waals surface area contributed by atoms with Crippen molar-refractivity contribution >= 4 is 11.9 Å². The molecule has 2 heterocycles. The topological polar surface area (TPSA) is 90.1 Å². The third-order valence-corrected chi connectivity index (χ3v) is 3.69. The minimum absolute atomic E-state index is 0.0380. The van der Waals surface area contributed by atoms with Crippen LogP contribution in [0.4, 0.5) is 6.01 Å². The number of hydrogen-bond acceptors (Lipinski definition) is 6. The van der Waals surface area contributed by atoms with E-state index in [1.54, 1.807) is 42.7 Å². The second-order valence-electron chi connectivity index (χ2n) is 5.69. The number of anilines is 1. The highest BCUT2D eigenvalue weighted by Gasteiger charge is 2.13. The van der Waals surface area contributed by atoms with Crippen LogP contribution < -0.4 is 10.1 Å². The van der Waals surface area contributed by atoms with Crippen molar-refractivity contribution < 1.29 is 13.9 Å². The largest absolute Gasteiger partial charge is 0.494 e. The van der Waals surface area contributed by atoms with Crippen LogP contribution in [0.5, 0.6) is 5.75 Å². The summed E-state index contributed by atoms with van der Waals surface area (Å²) in [5, 5.41) is 10.4. The van der Waals surface area contributed by atoms with E-state index in [4.69, 9.17) is 9.15 Å². The quantitative estimate of drug-likeness (QED) is 0.617. The Bertz CT molecular complexity index is 849. The van der Waals surface area contributed by atoms with Crippen LogP contribution in [0.1, 0.15) is 36.5 Å². The molecular weight excluding hydrogens is 332 g/mol. The van der Waals surface area contributed by atoms with Gasteiger partial charge in [-0.3, -0.25) is 15.1 Å². The molecule has 2 aromatic heterocycles. The molecule has 26 heavy (non-hydrogen) atoms. The number of hydrogen-bond donors (Lipinski definition) is 1. The van der Waals surface area contributed by atoms with Crippen LogP contribution in [0.15, 0.2) is 53.2 Å². The molecule has 0 atom stereocenters. The van der Waals surface area contributed by atoms with Gasteiger partial charge in [0.15, 0.2) is 0 Å². The normalized spacial score (nSPS) is 10.5. The Hall–Kier alpha value is -3.22. The van der Waals surface area contributed by atoms with Crippen LogP contribution >= 0.6 is 0 Å². The van der Waals surface area contributed by atoms with Crippen LogP contribution in [0, 0.1) is 0 Å². The third-order valence-electron chi connectivity index (χ3n) is 3.69. The fraction of sp³-hybridized carbons (Fsp3) is 0.263. The first kappa shape index (κ1) is 17.6. The Kier molecular flexibility index (Phi) is 5.92. The summed E-state index contributed by atoms with van der Waals surface area (Å²) in [5.74, 6) is 0.640. The van der Waals surface area contributed by atoms with Gasteiger partial charge < -0.3 is 9.15 Å². The van der Waals surface area contributed by atoms with E-state index in [2.05, 4.69) is 27.4 Å². The van der Waals surface area contributed by atoms with Gasteiger partial charge in [-0.25, -0.2) is 0 Å². The maximum absolute atomic E-state index is 12.4. The van der Waals surface area contributed by atoms with Crippen LogP contribution in [0.3, 0.4) is 0 Å². The number of nitrogens with zero attached hydrogens (tertiary/aromatic N) is 3. The molecule has 0 aliphatic rings. The molecule has 0 radical (unpaired) electrons. The highest BCUT2D eigenvalue weighted by molar-refractivity contribution is 6.03. The predicted octanol–water partition coefficient (Wildman–Crippen LogP) is 3.95. The van der Waals surface area contributed by atoms with Crippen LogP contribution in [-0.4, -0.2) is 27.7 Å². The number of amides is 1.